The molecule has 0 spiro atoms. The van der Waals surface area contributed by atoms with Gasteiger partial charge in [-0.15, -0.1) is 0 Å². The molecule has 1 heterocycles. The third kappa shape index (κ3) is 5.18. The number of nitrogens with zero attached hydrogens (tertiary/aromatic N) is 2. The van der Waals surface area contributed by atoms with Crippen molar-refractivity contribution >= 4 is 77.2 Å². The summed E-state index contributed by atoms with van der Waals surface area (Å²) >= 11 is 0. The Labute approximate surface area is 333 Å². The summed E-state index contributed by atoms with van der Waals surface area (Å²) < 4.78 is 0. The smallest absolute Gasteiger partial charge is 0.0618 e. The summed E-state index contributed by atoms with van der Waals surface area (Å²) in [5, 5.41) is 9.91. The first-order chi connectivity index (χ1) is 28.1. The molecule has 1 aliphatic rings. The Morgan fingerprint density at radius 1 is 0.368 bits per heavy atom. The predicted octanol–water partition coefficient (Wildman–Crippen LogP) is 15.5. The molecular formula is C55H40N2. The molecule has 0 unspecified atom stereocenters. The van der Waals surface area contributed by atoms with Crippen molar-refractivity contribution in [3.05, 3.63) is 217 Å². The average molecular weight is 729 g/mol. The summed E-state index contributed by atoms with van der Waals surface area (Å²) in [4.78, 5) is 4.99. The first-order valence-electron chi connectivity index (χ1n) is 19.9. The van der Waals surface area contributed by atoms with E-state index in [2.05, 4.69) is 230 Å². The minimum Gasteiger partial charge on any atom is -0.310 e. The molecule has 0 aromatic heterocycles. The van der Waals surface area contributed by atoms with Gasteiger partial charge in [0.05, 0.1) is 22.7 Å². The predicted molar refractivity (Wildman–Crippen MR) is 243 cm³/mol. The molecule has 0 N–H and O–H groups in total. The summed E-state index contributed by atoms with van der Waals surface area (Å²) in [6.45, 7) is 4.77. The first kappa shape index (κ1) is 33.2. The van der Waals surface area contributed by atoms with Crippen LogP contribution in [0.1, 0.15) is 25.0 Å². The van der Waals surface area contributed by atoms with Gasteiger partial charge >= 0.3 is 0 Å². The lowest BCUT2D eigenvalue weighted by atomic mass is 9.73. The molecule has 2 heteroatoms. The number of anilines is 6. The molecule has 0 atom stereocenters. The second-order valence-electron chi connectivity index (χ2n) is 15.7. The van der Waals surface area contributed by atoms with Gasteiger partial charge < -0.3 is 9.80 Å². The van der Waals surface area contributed by atoms with E-state index in [-0.39, 0.29) is 5.41 Å². The summed E-state index contributed by atoms with van der Waals surface area (Å²) in [5.74, 6) is 0. The molecule has 11 rings (SSSR count). The third-order valence-corrected chi connectivity index (χ3v) is 12.2. The Kier molecular flexibility index (Phi) is 7.55. The minimum absolute atomic E-state index is 0.292. The van der Waals surface area contributed by atoms with Gasteiger partial charge in [0.15, 0.2) is 0 Å². The van der Waals surface area contributed by atoms with Gasteiger partial charge in [0.25, 0.3) is 0 Å². The van der Waals surface area contributed by atoms with E-state index in [1.165, 1.54) is 82.4 Å². The monoisotopic (exact) mass is 728 g/mol. The lowest BCUT2D eigenvalue weighted by molar-refractivity contribution is 0.632. The van der Waals surface area contributed by atoms with Gasteiger partial charge in [-0.2, -0.15) is 0 Å². The van der Waals surface area contributed by atoms with Crippen molar-refractivity contribution in [3.8, 4) is 11.1 Å². The molecule has 1 aliphatic heterocycles. The zero-order valence-corrected chi connectivity index (χ0v) is 32.0. The Balaban J connectivity index is 1.21. The van der Waals surface area contributed by atoms with Gasteiger partial charge in [-0.25, -0.2) is 0 Å². The van der Waals surface area contributed by atoms with Crippen molar-refractivity contribution in [2.75, 3.05) is 9.80 Å². The quantitative estimate of drug-likeness (QED) is 0.163. The third-order valence-electron chi connectivity index (χ3n) is 12.2. The van der Waals surface area contributed by atoms with Crippen LogP contribution in [0, 0.1) is 0 Å². The van der Waals surface area contributed by atoms with Crippen LogP contribution in [0.15, 0.2) is 206 Å². The average Bonchev–Trinajstić information content (AvgIpc) is 3.27. The molecule has 10 aromatic rings. The van der Waals surface area contributed by atoms with Crippen molar-refractivity contribution in [2.24, 2.45) is 0 Å². The van der Waals surface area contributed by atoms with Crippen LogP contribution >= 0.6 is 0 Å². The number of hydrogen-bond acceptors (Lipinski definition) is 2. The molecule has 0 saturated carbocycles. The van der Waals surface area contributed by atoms with Crippen LogP contribution in [0.5, 0.6) is 0 Å². The Morgan fingerprint density at radius 2 is 0.965 bits per heavy atom. The van der Waals surface area contributed by atoms with Crippen LogP contribution in [-0.2, 0) is 5.41 Å². The van der Waals surface area contributed by atoms with Crippen LogP contribution in [0.4, 0.5) is 34.1 Å². The summed E-state index contributed by atoms with van der Waals surface area (Å²) in [6, 6.07) is 75.8. The highest BCUT2D eigenvalue weighted by molar-refractivity contribution is 6.17. The maximum Gasteiger partial charge on any atom is 0.0618 e. The van der Waals surface area contributed by atoms with Crippen LogP contribution in [-0.4, -0.2) is 0 Å². The largest absolute Gasteiger partial charge is 0.310 e. The van der Waals surface area contributed by atoms with E-state index in [1.54, 1.807) is 0 Å². The SMILES string of the molecule is CC1(C)c2ccccc2N(c2c(-c3cc4ccccc4c4ccccc34)ccc3ccccc23)c2ccc(N(c3ccccc3)c3cccc4ccccc34)cc21. The maximum absolute atomic E-state index is 2.56. The maximum atomic E-state index is 2.56. The van der Waals surface area contributed by atoms with Gasteiger partial charge in [0.1, 0.15) is 0 Å². The van der Waals surface area contributed by atoms with E-state index in [4.69, 9.17) is 0 Å². The Bertz CT molecular complexity index is 3170. The van der Waals surface area contributed by atoms with E-state index in [0.29, 0.717) is 0 Å². The van der Waals surface area contributed by atoms with Gasteiger partial charge in [0, 0.05) is 33.1 Å². The second-order valence-corrected chi connectivity index (χ2v) is 15.7. The lowest BCUT2D eigenvalue weighted by Gasteiger charge is -2.43. The van der Waals surface area contributed by atoms with E-state index < -0.39 is 0 Å². The molecule has 0 fully saturated rings. The molecule has 57 heavy (non-hydrogen) atoms. The van der Waals surface area contributed by atoms with Crippen LogP contribution < -0.4 is 9.80 Å². The van der Waals surface area contributed by atoms with Crippen molar-refractivity contribution in [2.45, 2.75) is 19.3 Å². The normalized spacial score (nSPS) is 13.2. The Morgan fingerprint density at radius 3 is 1.77 bits per heavy atom. The van der Waals surface area contributed by atoms with Gasteiger partial charge in [-0.3, -0.25) is 0 Å². The number of hydrogen-bond donors (Lipinski definition) is 0. The molecule has 270 valence electrons. The van der Waals surface area contributed by atoms with E-state index in [0.717, 1.165) is 17.1 Å². The highest BCUT2D eigenvalue weighted by Crippen LogP contribution is 2.56. The van der Waals surface area contributed by atoms with Gasteiger partial charge in [-0.05, 0) is 97.5 Å². The molecule has 0 radical (unpaired) electrons. The molecule has 2 nitrogen and oxygen atoms in total. The van der Waals surface area contributed by atoms with Crippen LogP contribution in [0.3, 0.4) is 0 Å². The van der Waals surface area contributed by atoms with E-state index in [9.17, 15) is 0 Å². The van der Waals surface area contributed by atoms with Crippen molar-refractivity contribution < 1.29 is 0 Å². The highest BCUT2D eigenvalue weighted by atomic mass is 15.2. The van der Waals surface area contributed by atoms with Crippen LogP contribution in [0.2, 0.25) is 0 Å². The standard InChI is InChI=1S/C55H40N2/c1-55(2)49-28-14-15-29-52(49)57(53-34-32-41(36-50(53)55)56(40-21-4-3-5-22-40)51-30-16-20-37-17-6-10-24-43(37)51)54-44-25-11-7-18-38(44)31-33-47(54)48-35-39-19-8-9-23-42(39)45-26-12-13-27-46(45)48/h3-36H,1-2H3. The first-order valence-corrected chi connectivity index (χ1v) is 19.9. The number of fused-ring (bicyclic) bond motifs is 7. The van der Waals surface area contributed by atoms with E-state index >= 15 is 0 Å². The number of rotatable bonds is 5. The highest BCUT2D eigenvalue weighted by Gasteiger charge is 2.38. The Hall–Kier alpha value is -7.16. The number of para-hydroxylation sites is 2. The van der Waals surface area contributed by atoms with Crippen molar-refractivity contribution in [3.63, 3.8) is 0 Å². The van der Waals surface area contributed by atoms with Gasteiger partial charge in [-0.1, -0.05) is 172 Å². The summed E-state index contributed by atoms with van der Waals surface area (Å²) in [6.07, 6.45) is 0. The van der Waals surface area contributed by atoms with Crippen molar-refractivity contribution in [1.82, 2.24) is 0 Å². The second kappa shape index (κ2) is 13.0. The molecule has 0 aliphatic carbocycles. The minimum atomic E-state index is -0.292. The van der Waals surface area contributed by atoms with Gasteiger partial charge in [0.2, 0.25) is 0 Å². The molecule has 0 bridgehead atoms. The summed E-state index contributed by atoms with van der Waals surface area (Å²) in [7, 11) is 0. The molecule has 0 amide bonds. The lowest BCUT2D eigenvalue weighted by Crippen LogP contribution is -2.31. The fourth-order valence-corrected chi connectivity index (χ4v) is 9.47. The fraction of sp³-hybridized carbons (Fsp3) is 0.0545. The zero-order valence-electron chi connectivity index (χ0n) is 32.0. The van der Waals surface area contributed by atoms with Crippen molar-refractivity contribution in [1.29, 1.82) is 0 Å². The fourth-order valence-electron chi connectivity index (χ4n) is 9.47. The topological polar surface area (TPSA) is 6.48 Å². The summed E-state index contributed by atoms with van der Waals surface area (Å²) in [5.41, 5.74) is 11.7. The van der Waals surface area contributed by atoms with Crippen LogP contribution in [0.25, 0.3) is 54.2 Å². The molecule has 10 aromatic carbocycles. The molecular weight excluding hydrogens is 689 g/mol. The zero-order chi connectivity index (χ0) is 38.1. The molecule has 0 saturated heterocycles. The number of benzene rings is 10. The van der Waals surface area contributed by atoms with E-state index in [1.807, 2.05) is 0 Å².